The number of nitrogens with one attached hydrogen (secondary N) is 1. The first kappa shape index (κ1) is 17.3. The first-order chi connectivity index (χ1) is 12.0. The molecule has 0 fully saturated rings. The number of carbonyl (C=O) groups excluding carboxylic acids is 1. The largest absolute Gasteiger partial charge is 0.456 e. The van der Waals surface area contributed by atoms with E-state index in [1.54, 1.807) is 18.2 Å². The maximum absolute atomic E-state index is 12.4. The minimum absolute atomic E-state index is 0.0310. The van der Waals surface area contributed by atoms with Gasteiger partial charge in [-0.1, -0.05) is 23.7 Å². The van der Waals surface area contributed by atoms with E-state index in [1.807, 2.05) is 12.3 Å². The Morgan fingerprint density at radius 1 is 1.36 bits per heavy atom. The highest BCUT2D eigenvalue weighted by Crippen LogP contribution is 2.30. The molecule has 1 aromatic carbocycles. The molecule has 0 aliphatic heterocycles. The fourth-order valence-corrected chi connectivity index (χ4v) is 3.18. The molecule has 8 nitrogen and oxygen atoms in total. The van der Waals surface area contributed by atoms with Gasteiger partial charge < -0.3 is 21.2 Å². The summed E-state index contributed by atoms with van der Waals surface area (Å²) in [5.41, 5.74) is 12.9. The average molecular weight is 379 g/mol. The molecule has 2 aromatic heterocycles. The predicted molar refractivity (Wildman–Crippen MR) is 98.0 cm³/mol. The van der Waals surface area contributed by atoms with Crippen LogP contribution in [0.5, 0.6) is 0 Å². The fourth-order valence-electron chi connectivity index (χ4n) is 2.31. The highest BCUT2D eigenvalue weighted by atomic mass is 35.5. The van der Waals surface area contributed by atoms with Crippen molar-refractivity contribution in [2.75, 3.05) is 17.7 Å². The Morgan fingerprint density at radius 2 is 2.16 bits per heavy atom. The van der Waals surface area contributed by atoms with Crippen LogP contribution in [0.1, 0.15) is 16.6 Å². The second-order valence-electron chi connectivity index (χ2n) is 5.13. The van der Waals surface area contributed by atoms with Crippen LogP contribution in [0.25, 0.3) is 11.2 Å². The zero-order valence-corrected chi connectivity index (χ0v) is 14.8. The van der Waals surface area contributed by atoms with Crippen molar-refractivity contribution < 1.29 is 9.53 Å². The Balaban J connectivity index is 1.74. The SMILES string of the molecule is CSC(C(=O)OCc1nc2nc(N)nc(N)c2[nH]1)c1cccc(Cl)c1. The van der Waals surface area contributed by atoms with Crippen molar-refractivity contribution in [2.24, 2.45) is 0 Å². The summed E-state index contributed by atoms with van der Waals surface area (Å²) < 4.78 is 5.36. The van der Waals surface area contributed by atoms with Gasteiger partial charge in [0, 0.05) is 5.02 Å². The third-order valence-electron chi connectivity index (χ3n) is 3.40. The molecule has 3 aromatic rings. The second-order valence-corrected chi connectivity index (χ2v) is 6.51. The van der Waals surface area contributed by atoms with Crippen molar-refractivity contribution in [1.29, 1.82) is 0 Å². The van der Waals surface area contributed by atoms with Gasteiger partial charge in [0.25, 0.3) is 0 Å². The van der Waals surface area contributed by atoms with E-state index < -0.39 is 11.2 Å². The van der Waals surface area contributed by atoms with Crippen molar-refractivity contribution >= 4 is 52.3 Å². The van der Waals surface area contributed by atoms with Gasteiger partial charge in [-0.25, -0.2) is 4.98 Å². The number of benzene rings is 1. The summed E-state index contributed by atoms with van der Waals surface area (Å²) in [7, 11) is 0. The molecule has 0 amide bonds. The van der Waals surface area contributed by atoms with Crippen molar-refractivity contribution in [2.45, 2.75) is 11.9 Å². The lowest BCUT2D eigenvalue weighted by Crippen LogP contribution is -2.13. The minimum atomic E-state index is -0.483. The number of ether oxygens (including phenoxy) is 1. The maximum Gasteiger partial charge on any atom is 0.324 e. The fraction of sp³-hybridized carbons (Fsp3) is 0.200. The van der Waals surface area contributed by atoms with Gasteiger partial charge in [0.2, 0.25) is 5.95 Å². The molecule has 0 spiro atoms. The number of nitrogen functional groups attached to an aromatic ring is 2. The Labute approximate surface area is 152 Å². The van der Waals surface area contributed by atoms with Crippen LogP contribution in [0.15, 0.2) is 24.3 Å². The molecular weight excluding hydrogens is 364 g/mol. The van der Waals surface area contributed by atoms with Crippen LogP contribution in [0.2, 0.25) is 5.02 Å². The van der Waals surface area contributed by atoms with E-state index in [1.165, 1.54) is 11.8 Å². The van der Waals surface area contributed by atoms with Crippen LogP contribution in [0.4, 0.5) is 11.8 Å². The Kier molecular flexibility index (Phi) is 4.95. The van der Waals surface area contributed by atoms with Gasteiger partial charge in [0.1, 0.15) is 23.2 Å². The topological polar surface area (TPSA) is 133 Å². The van der Waals surface area contributed by atoms with Gasteiger partial charge in [-0.2, -0.15) is 9.97 Å². The summed E-state index contributed by atoms with van der Waals surface area (Å²) in [5, 5.41) is 0.0804. The molecule has 1 unspecified atom stereocenters. The highest BCUT2D eigenvalue weighted by Gasteiger charge is 2.22. The predicted octanol–water partition coefficient (Wildman–Crippen LogP) is 2.32. The molecule has 5 N–H and O–H groups in total. The number of imidazole rings is 1. The molecule has 2 heterocycles. The van der Waals surface area contributed by atoms with Crippen molar-refractivity contribution in [3.05, 3.63) is 40.7 Å². The van der Waals surface area contributed by atoms with Crippen LogP contribution >= 0.6 is 23.4 Å². The number of nitrogens with two attached hydrogens (primary N) is 2. The molecule has 1 atom stereocenters. The number of rotatable bonds is 5. The smallest absolute Gasteiger partial charge is 0.324 e. The summed E-state index contributed by atoms with van der Waals surface area (Å²) in [5.74, 6) is 0.228. The summed E-state index contributed by atoms with van der Waals surface area (Å²) in [4.78, 5) is 27.4. The van der Waals surface area contributed by atoms with E-state index in [9.17, 15) is 4.79 Å². The molecule has 0 saturated carbocycles. The number of thioether (sulfide) groups is 1. The Hall–Kier alpha value is -2.52. The zero-order chi connectivity index (χ0) is 18.0. The number of H-pyrrole nitrogens is 1. The lowest BCUT2D eigenvalue weighted by molar-refractivity contribution is -0.144. The molecule has 0 aliphatic carbocycles. The van der Waals surface area contributed by atoms with Crippen LogP contribution in [-0.4, -0.2) is 32.2 Å². The number of fused-ring (bicyclic) bond motifs is 1. The van der Waals surface area contributed by atoms with Crippen LogP contribution in [0, 0.1) is 0 Å². The standard InChI is InChI=1S/C15H15ClN6O2S/c1-25-11(7-3-2-4-8(16)5-7)14(23)24-6-9-19-10-12(17)21-15(18)22-13(10)20-9/h2-5,11H,6H2,1H3,(H5,17,18,19,20,21,22). The lowest BCUT2D eigenvalue weighted by Gasteiger charge is -2.13. The van der Waals surface area contributed by atoms with E-state index in [-0.39, 0.29) is 18.4 Å². The van der Waals surface area contributed by atoms with Gasteiger partial charge in [0.05, 0.1) is 0 Å². The van der Waals surface area contributed by atoms with Gasteiger partial charge in [0.15, 0.2) is 11.5 Å². The quantitative estimate of drug-likeness (QED) is 0.576. The molecule has 0 radical (unpaired) electrons. The molecule has 3 rings (SSSR count). The zero-order valence-electron chi connectivity index (χ0n) is 13.2. The summed E-state index contributed by atoms with van der Waals surface area (Å²) in [6.45, 7) is -0.0494. The van der Waals surface area contributed by atoms with Crippen LogP contribution in [0.3, 0.4) is 0 Å². The molecule has 0 saturated heterocycles. The van der Waals surface area contributed by atoms with Crippen molar-refractivity contribution in [3.8, 4) is 0 Å². The van der Waals surface area contributed by atoms with E-state index in [0.29, 0.717) is 22.0 Å². The molecule has 130 valence electrons. The monoisotopic (exact) mass is 378 g/mol. The Morgan fingerprint density at radius 3 is 2.88 bits per heavy atom. The normalized spacial score (nSPS) is 12.2. The summed E-state index contributed by atoms with van der Waals surface area (Å²) in [6, 6.07) is 7.11. The number of nitrogens with zero attached hydrogens (tertiary/aromatic N) is 3. The Bertz CT molecular complexity index is 932. The second kappa shape index (κ2) is 7.16. The van der Waals surface area contributed by atoms with Crippen molar-refractivity contribution in [3.63, 3.8) is 0 Å². The molecular formula is C15H15ClN6O2S. The highest BCUT2D eigenvalue weighted by molar-refractivity contribution is 7.99. The first-order valence-corrected chi connectivity index (χ1v) is 8.87. The number of anilines is 2. The third-order valence-corrected chi connectivity index (χ3v) is 4.57. The molecule has 10 heteroatoms. The molecule has 0 aliphatic rings. The van der Waals surface area contributed by atoms with E-state index in [4.69, 9.17) is 27.8 Å². The number of carbonyl (C=O) groups is 1. The molecule has 0 bridgehead atoms. The van der Waals surface area contributed by atoms with Gasteiger partial charge in [-0.15, -0.1) is 11.8 Å². The summed E-state index contributed by atoms with van der Waals surface area (Å²) >= 11 is 7.35. The lowest BCUT2D eigenvalue weighted by atomic mass is 10.1. The average Bonchev–Trinajstić information content (AvgIpc) is 2.97. The van der Waals surface area contributed by atoms with Crippen LogP contribution in [-0.2, 0) is 16.1 Å². The van der Waals surface area contributed by atoms with E-state index in [0.717, 1.165) is 5.56 Å². The number of aromatic amines is 1. The van der Waals surface area contributed by atoms with Gasteiger partial charge >= 0.3 is 5.97 Å². The third kappa shape index (κ3) is 3.77. The van der Waals surface area contributed by atoms with Crippen molar-refractivity contribution in [1.82, 2.24) is 19.9 Å². The van der Waals surface area contributed by atoms with Crippen LogP contribution < -0.4 is 11.5 Å². The first-order valence-electron chi connectivity index (χ1n) is 7.20. The van der Waals surface area contributed by atoms with Gasteiger partial charge in [-0.3, -0.25) is 4.79 Å². The number of aromatic nitrogens is 4. The van der Waals surface area contributed by atoms with Gasteiger partial charge in [-0.05, 0) is 24.0 Å². The molecule has 25 heavy (non-hydrogen) atoms. The number of halogens is 1. The minimum Gasteiger partial charge on any atom is -0.456 e. The summed E-state index contributed by atoms with van der Waals surface area (Å²) in [6.07, 6.45) is 1.83. The number of hydrogen-bond donors (Lipinski definition) is 3. The number of esters is 1. The maximum atomic E-state index is 12.4. The van der Waals surface area contributed by atoms with E-state index in [2.05, 4.69) is 19.9 Å². The number of hydrogen-bond acceptors (Lipinski definition) is 8. The van der Waals surface area contributed by atoms with E-state index >= 15 is 0 Å².